The SMILES string of the molecule is CC(=O)N1CCC(CNc2ccnc3cc(Cl)ccc23)CC1. The standard InChI is InChI=1S/C17H20ClN3O/c1-12(22)21-8-5-13(6-9-21)11-20-16-4-7-19-17-10-14(18)2-3-15(16)17/h2-4,7,10,13H,5-6,8-9,11H2,1H3,(H,19,20). The van der Waals surface area contributed by atoms with Gasteiger partial charge in [0.05, 0.1) is 5.52 Å². The molecule has 2 heterocycles. The summed E-state index contributed by atoms with van der Waals surface area (Å²) in [6.45, 7) is 4.31. The second-order valence-electron chi connectivity index (χ2n) is 5.85. The maximum absolute atomic E-state index is 11.4. The Labute approximate surface area is 135 Å². The number of halogens is 1. The van der Waals surface area contributed by atoms with E-state index in [2.05, 4.69) is 10.3 Å². The quantitative estimate of drug-likeness (QED) is 0.941. The summed E-state index contributed by atoms with van der Waals surface area (Å²) in [5.74, 6) is 0.787. The van der Waals surface area contributed by atoms with Gasteiger partial charge < -0.3 is 10.2 Å². The fraction of sp³-hybridized carbons (Fsp3) is 0.412. The lowest BCUT2D eigenvalue weighted by Gasteiger charge is -2.31. The summed E-state index contributed by atoms with van der Waals surface area (Å²) in [4.78, 5) is 17.6. The van der Waals surface area contributed by atoms with Crippen LogP contribution in [0.3, 0.4) is 0 Å². The molecule has 1 aliphatic heterocycles. The molecule has 0 spiro atoms. The number of amides is 1. The number of rotatable bonds is 3. The molecule has 1 aromatic carbocycles. The lowest BCUT2D eigenvalue weighted by Crippen LogP contribution is -2.38. The first-order valence-electron chi connectivity index (χ1n) is 7.67. The molecule has 0 radical (unpaired) electrons. The van der Waals surface area contributed by atoms with E-state index in [-0.39, 0.29) is 5.91 Å². The van der Waals surface area contributed by atoms with E-state index in [0.717, 1.165) is 49.1 Å². The number of hydrogen-bond donors (Lipinski definition) is 1. The van der Waals surface area contributed by atoms with Crippen molar-refractivity contribution in [3.63, 3.8) is 0 Å². The predicted molar refractivity (Wildman–Crippen MR) is 90.2 cm³/mol. The third-order valence-corrected chi connectivity index (χ3v) is 4.58. The van der Waals surface area contributed by atoms with Gasteiger partial charge in [0.15, 0.2) is 0 Å². The van der Waals surface area contributed by atoms with Crippen LogP contribution in [0, 0.1) is 5.92 Å². The van der Waals surface area contributed by atoms with Crippen LogP contribution in [0.2, 0.25) is 5.02 Å². The normalized spacial score (nSPS) is 16.0. The molecule has 1 saturated heterocycles. The molecular weight excluding hydrogens is 298 g/mol. The molecule has 1 amide bonds. The van der Waals surface area contributed by atoms with Gasteiger partial charge in [-0.1, -0.05) is 11.6 Å². The number of carbonyl (C=O) groups excluding carboxylic acids is 1. The second-order valence-corrected chi connectivity index (χ2v) is 6.29. The van der Waals surface area contributed by atoms with E-state index in [1.54, 1.807) is 13.1 Å². The maximum atomic E-state index is 11.4. The van der Waals surface area contributed by atoms with Crippen molar-refractivity contribution < 1.29 is 4.79 Å². The molecule has 1 N–H and O–H groups in total. The molecule has 22 heavy (non-hydrogen) atoms. The third kappa shape index (κ3) is 3.33. The minimum atomic E-state index is 0.184. The molecule has 5 heteroatoms. The number of anilines is 1. The molecule has 0 aliphatic carbocycles. The molecule has 1 aliphatic rings. The van der Waals surface area contributed by atoms with E-state index < -0.39 is 0 Å². The Morgan fingerprint density at radius 3 is 2.86 bits per heavy atom. The monoisotopic (exact) mass is 317 g/mol. The number of piperidine rings is 1. The molecule has 3 rings (SSSR count). The summed E-state index contributed by atoms with van der Waals surface area (Å²) in [7, 11) is 0. The Morgan fingerprint density at radius 2 is 2.14 bits per heavy atom. The number of pyridine rings is 1. The van der Waals surface area contributed by atoms with Gasteiger partial charge in [-0.3, -0.25) is 9.78 Å². The first kappa shape index (κ1) is 15.1. The van der Waals surface area contributed by atoms with E-state index in [9.17, 15) is 4.79 Å². The molecule has 116 valence electrons. The molecule has 4 nitrogen and oxygen atoms in total. The van der Waals surface area contributed by atoms with E-state index in [1.807, 2.05) is 29.2 Å². The van der Waals surface area contributed by atoms with Crippen molar-refractivity contribution in [2.24, 2.45) is 5.92 Å². The van der Waals surface area contributed by atoms with E-state index in [4.69, 9.17) is 11.6 Å². The number of carbonyl (C=O) groups is 1. The van der Waals surface area contributed by atoms with Crippen molar-refractivity contribution >= 4 is 34.1 Å². The highest BCUT2D eigenvalue weighted by molar-refractivity contribution is 6.31. The molecule has 1 fully saturated rings. The average Bonchev–Trinajstić information content (AvgIpc) is 2.52. The predicted octanol–water partition coefficient (Wildman–Crippen LogP) is 3.56. The first-order valence-corrected chi connectivity index (χ1v) is 8.05. The van der Waals surface area contributed by atoms with Gasteiger partial charge in [-0.15, -0.1) is 0 Å². The molecule has 0 atom stereocenters. The van der Waals surface area contributed by atoms with Crippen LogP contribution in [0.1, 0.15) is 19.8 Å². The summed E-state index contributed by atoms with van der Waals surface area (Å²) in [5.41, 5.74) is 2.00. The van der Waals surface area contributed by atoms with Crippen molar-refractivity contribution in [1.29, 1.82) is 0 Å². The topological polar surface area (TPSA) is 45.2 Å². The number of nitrogens with one attached hydrogen (secondary N) is 1. The van der Waals surface area contributed by atoms with Gasteiger partial charge in [-0.2, -0.15) is 0 Å². The molecule has 2 aromatic rings. The zero-order valence-corrected chi connectivity index (χ0v) is 13.4. The van der Waals surface area contributed by atoms with Crippen LogP contribution in [-0.4, -0.2) is 35.4 Å². The summed E-state index contributed by atoms with van der Waals surface area (Å²) in [5, 5.41) is 5.33. The van der Waals surface area contributed by atoms with E-state index in [0.29, 0.717) is 10.9 Å². The van der Waals surface area contributed by atoms with Gasteiger partial charge in [0, 0.05) is 48.9 Å². The van der Waals surface area contributed by atoms with Crippen molar-refractivity contribution in [2.45, 2.75) is 19.8 Å². The molecular formula is C17H20ClN3O. The van der Waals surface area contributed by atoms with E-state index in [1.165, 1.54) is 0 Å². The number of likely N-dealkylation sites (tertiary alicyclic amines) is 1. The van der Waals surface area contributed by atoms with Gasteiger partial charge >= 0.3 is 0 Å². The zero-order valence-electron chi connectivity index (χ0n) is 12.7. The van der Waals surface area contributed by atoms with Gasteiger partial charge in [0.2, 0.25) is 5.91 Å². The third-order valence-electron chi connectivity index (χ3n) is 4.35. The molecule has 0 saturated carbocycles. The van der Waals surface area contributed by atoms with Crippen LogP contribution in [-0.2, 0) is 4.79 Å². The highest BCUT2D eigenvalue weighted by Gasteiger charge is 2.20. The average molecular weight is 318 g/mol. The smallest absolute Gasteiger partial charge is 0.219 e. The van der Waals surface area contributed by atoms with Crippen molar-refractivity contribution in [3.8, 4) is 0 Å². The van der Waals surface area contributed by atoms with Crippen LogP contribution in [0.15, 0.2) is 30.5 Å². The van der Waals surface area contributed by atoms with E-state index >= 15 is 0 Å². The summed E-state index contributed by atoms with van der Waals surface area (Å²) in [6.07, 6.45) is 3.92. The lowest BCUT2D eigenvalue weighted by molar-refractivity contribution is -0.130. The Balaban J connectivity index is 1.64. The second kappa shape index (κ2) is 6.53. The van der Waals surface area contributed by atoms with Crippen LogP contribution >= 0.6 is 11.6 Å². The highest BCUT2D eigenvalue weighted by atomic mass is 35.5. The van der Waals surface area contributed by atoms with Gasteiger partial charge in [0.25, 0.3) is 0 Å². The highest BCUT2D eigenvalue weighted by Crippen LogP contribution is 2.25. The largest absolute Gasteiger partial charge is 0.384 e. The van der Waals surface area contributed by atoms with Crippen LogP contribution in [0.25, 0.3) is 10.9 Å². The minimum Gasteiger partial charge on any atom is -0.384 e. The van der Waals surface area contributed by atoms with Crippen LogP contribution in [0.5, 0.6) is 0 Å². The maximum Gasteiger partial charge on any atom is 0.219 e. The fourth-order valence-electron chi connectivity index (χ4n) is 2.98. The Morgan fingerprint density at radius 1 is 1.36 bits per heavy atom. The Hall–Kier alpha value is -1.81. The zero-order chi connectivity index (χ0) is 15.5. The van der Waals surface area contributed by atoms with Crippen molar-refractivity contribution in [1.82, 2.24) is 9.88 Å². The molecule has 1 aromatic heterocycles. The molecule has 0 bridgehead atoms. The first-order chi connectivity index (χ1) is 10.6. The van der Waals surface area contributed by atoms with Gasteiger partial charge in [0.1, 0.15) is 0 Å². The van der Waals surface area contributed by atoms with Gasteiger partial charge in [-0.05, 0) is 43.0 Å². The minimum absolute atomic E-state index is 0.184. The molecule has 0 unspecified atom stereocenters. The van der Waals surface area contributed by atoms with Crippen molar-refractivity contribution in [2.75, 3.05) is 25.0 Å². The Bertz CT molecular complexity index is 681. The summed E-state index contributed by atoms with van der Waals surface area (Å²) >= 11 is 6.02. The lowest BCUT2D eigenvalue weighted by atomic mass is 9.96. The van der Waals surface area contributed by atoms with Crippen LogP contribution < -0.4 is 5.32 Å². The number of nitrogens with zero attached hydrogens (tertiary/aromatic N) is 2. The number of benzene rings is 1. The number of hydrogen-bond acceptors (Lipinski definition) is 3. The Kier molecular flexibility index (Phi) is 4.48. The number of aromatic nitrogens is 1. The fourth-order valence-corrected chi connectivity index (χ4v) is 3.15. The number of fused-ring (bicyclic) bond motifs is 1. The summed E-state index contributed by atoms with van der Waals surface area (Å²) in [6, 6.07) is 7.78. The van der Waals surface area contributed by atoms with Crippen molar-refractivity contribution in [3.05, 3.63) is 35.5 Å². The van der Waals surface area contributed by atoms with Crippen LogP contribution in [0.4, 0.5) is 5.69 Å². The summed E-state index contributed by atoms with van der Waals surface area (Å²) < 4.78 is 0. The van der Waals surface area contributed by atoms with Gasteiger partial charge in [-0.25, -0.2) is 0 Å².